The zero-order valence-electron chi connectivity index (χ0n) is 12.7. The summed E-state index contributed by atoms with van der Waals surface area (Å²) >= 11 is 0. The van der Waals surface area contributed by atoms with Gasteiger partial charge in [0.25, 0.3) is 0 Å². The Kier molecular flexibility index (Phi) is 4.11. The molecule has 0 amide bonds. The topological polar surface area (TPSA) is 54.4 Å². The Balaban J connectivity index is 2.04. The Morgan fingerprint density at radius 2 is 1.46 bits per heavy atom. The zero-order chi connectivity index (χ0) is 17.2. The zero-order valence-corrected chi connectivity index (χ0v) is 13.5. The number of aromatic hydroxyl groups is 1. The molecule has 0 aromatic heterocycles. The summed E-state index contributed by atoms with van der Waals surface area (Å²) in [6.07, 6.45) is 5.37. The van der Waals surface area contributed by atoms with Crippen molar-refractivity contribution in [1.82, 2.24) is 0 Å². The van der Waals surface area contributed by atoms with Crippen molar-refractivity contribution in [2.45, 2.75) is 9.79 Å². The molecule has 1 N–H and O–H groups in total. The molecule has 0 fully saturated rings. The van der Waals surface area contributed by atoms with Gasteiger partial charge in [0, 0.05) is 5.56 Å². The van der Waals surface area contributed by atoms with Crippen LogP contribution in [0.5, 0.6) is 5.75 Å². The highest BCUT2D eigenvalue weighted by Gasteiger charge is 2.21. The Morgan fingerprint density at radius 1 is 0.833 bits per heavy atom. The van der Waals surface area contributed by atoms with Crippen molar-refractivity contribution in [1.29, 1.82) is 0 Å². The van der Waals surface area contributed by atoms with Crippen LogP contribution in [0.15, 0.2) is 82.6 Å². The van der Waals surface area contributed by atoms with Crippen molar-refractivity contribution < 1.29 is 13.5 Å². The maximum Gasteiger partial charge on any atom is 0.207 e. The van der Waals surface area contributed by atoms with E-state index in [9.17, 15) is 13.5 Å². The largest absolute Gasteiger partial charge is 0.508 e. The minimum atomic E-state index is -3.75. The Hall–Kier alpha value is -3.03. The lowest BCUT2D eigenvalue weighted by atomic mass is 10.1. The first-order chi connectivity index (χ1) is 11.5. The average Bonchev–Trinajstić information content (AvgIpc) is 2.62. The second-order valence-corrected chi connectivity index (χ2v) is 7.14. The highest BCUT2D eigenvalue weighted by atomic mass is 32.2. The van der Waals surface area contributed by atoms with E-state index in [4.69, 9.17) is 6.42 Å². The normalized spacial score (nSPS) is 11.0. The summed E-state index contributed by atoms with van der Waals surface area (Å²) in [5.41, 5.74) is 2.08. The molecule has 0 aliphatic heterocycles. The van der Waals surface area contributed by atoms with E-state index in [0.29, 0.717) is 0 Å². The Bertz CT molecular complexity index is 1010. The number of phenols is 1. The predicted octanol–water partition coefficient (Wildman–Crippen LogP) is 3.87. The fourth-order valence-corrected chi connectivity index (χ4v) is 3.85. The molecule has 4 heteroatoms. The molecule has 24 heavy (non-hydrogen) atoms. The second-order valence-electron chi connectivity index (χ2n) is 5.22. The third kappa shape index (κ3) is 2.90. The third-order valence-electron chi connectivity index (χ3n) is 3.68. The molecule has 3 nitrogen and oxygen atoms in total. The summed E-state index contributed by atoms with van der Waals surface area (Å²) in [5, 5.41) is 9.48. The van der Waals surface area contributed by atoms with Crippen LogP contribution in [0.2, 0.25) is 0 Å². The highest BCUT2D eigenvalue weighted by molar-refractivity contribution is 7.91. The van der Waals surface area contributed by atoms with Gasteiger partial charge in [0.15, 0.2) is 0 Å². The van der Waals surface area contributed by atoms with Crippen LogP contribution in [0.25, 0.3) is 11.1 Å². The Morgan fingerprint density at radius 3 is 2.08 bits per heavy atom. The summed E-state index contributed by atoms with van der Waals surface area (Å²) in [5.74, 6) is 2.24. The SMILES string of the molecule is C#Cc1cc(O)ccc1S(=O)(=O)c1ccc(-c2ccccc2)cc1. The second kappa shape index (κ2) is 6.23. The molecule has 0 spiro atoms. The number of rotatable bonds is 3. The molecule has 0 unspecified atom stereocenters. The maximum atomic E-state index is 12.8. The molecule has 0 heterocycles. The first-order valence-corrected chi connectivity index (χ1v) is 8.71. The van der Waals surface area contributed by atoms with Crippen LogP contribution in [0.3, 0.4) is 0 Å². The first-order valence-electron chi connectivity index (χ1n) is 7.22. The van der Waals surface area contributed by atoms with Gasteiger partial charge in [-0.15, -0.1) is 6.42 Å². The van der Waals surface area contributed by atoms with Gasteiger partial charge in [-0.25, -0.2) is 8.42 Å². The minimum Gasteiger partial charge on any atom is -0.508 e. The fourth-order valence-electron chi connectivity index (χ4n) is 2.45. The van der Waals surface area contributed by atoms with Crippen LogP contribution in [0.1, 0.15) is 5.56 Å². The van der Waals surface area contributed by atoms with Crippen LogP contribution in [-0.4, -0.2) is 13.5 Å². The molecule has 0 aliphatic carbocycles. The quantitative estimate of drug-likeness (QED) is 0.740. The van der Waals surface area contributed by atoms with Gasteiger partial charge in [-0.05, 0) is 41.5 Å². The molecule has 0 bridgehead atoms. The van der Waals surface area contributed by atoms with E-state index in [1.54, 1.807) is 24.3 Å². The summed E-state index contributed by atoms with van der Waals surface area (Å²) in [6.45, 7) is 0. The summed E-state index contributed by atoms with van der Waals surface area (Å²) in [4.78, 5) is 0.166. The van der Waals surface area contributed by atoms with E-state index in [-0.39, 0.29) is 21.1 Å². The summed E-state index contributed by atoms with van der Waals surface area (Å²) in [6, 6.07) is 20.2. The number of hydrogen-bond acceptors (Lipinski definition) is 3. The summed E-state index contributed by atoms with van der Waals surface area (Å²) < 4.78 is 25.6. The molecular formula is C20H14O3S. The van der Waals surface area contributed by atoms with Crippen LogP contribution in [-0.2, 0) is 9.84 Å². The molecule has 0 saturated heterocycles. The molecule has 0 aliphatic rings. The van der Waals surface area contributed by atoms with Crippen molar-refractivity contribution >= 4 is 9.84 Å². The Labute approximate surface area is 141 Å². The van der Waals surface area contributed by atoms with E-state index < -0.39 is 9.84 Å². The minimum absolute atomic E-state index is 0.00950. The third-order valence-corrected chi connectivity index (χ3v) is 5.51. The smallest absolute Gasteiger partial charge is 0.207 e. The van der Waals surface area contributed by atoms with Gasteiger partial charge in [0.2, 0.25) is 9.84 Å². The van der Waals surface area contributed by atoms with Gasteiger partial charge in [-0.3, -0.25) is 0 Å². The van der Waals surface area contributed by atoms with Crippen molar-refractivity contribution in [3.05, 3.63) is 78.4 Å². The van der Waals surface area contributed by atoms with E-state index in [1.807, 2.05) is 30.3 Å². The highest BCUT2D eigenvalue weighted by Crippen LogP contribution is 2.28. The lowest BCUT2D eigenvalue weighted by Gasteiger charge is -2.09. The van der Waals surface area contributed by atoms with Gasteiger partial charge >= 0.3 is 0 Å². The number of benzene rings is 3. The molecule has 0 radical (unpaired) electrons. The number of hydrogen-bond donors (Lipinski definition) is 1. The van der Waals surface area contributed by atoms with Crippen molar-refractivity contribution in [3.8, 4) is 29.2 Å². The van der Waals surface area contributed by atoms with Gasteiger partial charge < -0.3 is 5.11 Å². The predicted molar refractivity (Wildman–Crippen MR) is 93.4 cm³/mol. The summed E-state index contributed by atoms with van der Waals surface area (Å²) in [7, 11) is -3.75. The van der Waals surface area contributed by atoms with E-state index >= 15 is 0 Å². The van der Waals surface area contributed by atoms with Gasteiger partial charge in [0.05, 0.1) is 9.79 Å². The number of terminal acetylenes is 1. The molecule has 3 aromatic rings. The number of sulfone groups is 1. The van der Waals surface area contributed by atoms with Crippen LogP contribution >= 0.6 is 0 Å². The molecular weight excluding hydrogens is 320 g/mol. The van der Waals surface area contributed by atoms with Crippen molar-refractivity contribution in [3.63, 3.8) is 0 Å². The molecule has 3 aromatic carbocycles. The van der Waals surface area contributed by atoms with Gasteiger partial charge in [0.1, 0.15) is 5.75 Å². The average molecular weight is 334 g/mol. The van der Waals surface area contributed by atoms with Crippen molar-refractivity contribution in [2.75, 3.05) is 0 Å². The lowest BCUT2D eigenvalue weighted by molar-refractivity contribution is 0.474. The molecule has 118 valence electrons. The van der Waals surface area contributed by atoms with Crippen LogP contribution in [0.4, 0.5) is 0 Å². The van der Waals surface area contributed by atoms with Crippen LogP contribution in [0, 0.1) is 12.3 Å². The van der Waals surface area contributed by atoms with Crippen LogP contribution < -0.4 is 0 Å². The molecule has 3 rings (SSSR count). The number of phenolic OH excluding ortho intramolecular Hbond substituents is 1. The van der Waals surface area contributed by atoms with E-state index in [2.05, 4.69) is 5.92 Å². The van der Waals surface area contributed by atoms with Gasteiger partial charge in [-0.1, -0.05) is 48.4 Å². The first kappa shape index (κ1) is 15.9. The van der Waals surface area contributed by atoms with E-state index in [1.165, 1.54) is 18.2 Å². The van der Waals surface area contributed by atoms with Crippen molar-refractivity contribution in [2.24, 2.45) is 0 Å². The lowest BCUT2D eigenvalue weighted by Crippen LogP contribution is -2.04. The molecule has 0 saturated carbocycles. The maximum absolute atomic E-state index is 12.8. The standard InChI is InChI=1S/C20H14O3S/c1-2-15-14-18(21)10-13-20(15)24(22,23)19-11-8-17(9-12-19)16-6-4-3-5-7-16/h1,3-14,21H. The van der Waals surface area contributed by atoms with Gasteiger partial charge in [-0.2, -0.15) is 0 Å². The fraction of sp³-hybridized carbons (Fsp3) is 0. The molecule has 0 atom stereocenters. The monoisotopic (exact) mass is 334 g/mol. The van der Waals surface area contributed by atoms with E-state index in [0.717, 1.165) is 11.1 Å².